The predicted molar refractivity (Wildman–Crippen MR) is 96.4 cm³/mol. The van der Waals surface area contributed by atoms with Gasteiger partial charge in [0.15, 0.2) is 0 Å². The lowest BCUT2D eigenvalue weighted by Crippen LogP contribution is -2.46. The van der Waals surface area contributed by atoms with Crippen LogP contribution in [0.25, 0.3) is 0 Å². The molecule has 23 heavy (non-hydrogen) atoms. The lowest BCUT2D eigenvalue weighted by Gasteiger charge is -2.38. The molecule has 0 N–H and O–H groups in total. The number of ether oxygens (including phenoxy) is 1. The standard InChI is InChI=1S/C19H29N3O/c1-15(2)17-5-6-19-18(13-17)22(11-12-23-19)14-16(3)21-9-7-20(4)8-10-21/h5-6,13,15H,3,7-12,14H2,1-2,4H3. The van der Waals surface area contributed by atoms with Crippen LogP contribution in [0.3, 0.4) is 0 Å². The van der Waals surface area contributed by atoms with Crippen LogP contribution in [-0.2, 0) is 0 Å². The zero-order chi connectivity index (χ0) is 16.4. The summed E-state index contributed by atoms with van der Waals surface area (Å²) in [7, 11) is 2.19. The minimum Gasteiger partial charge on any atom is -0.490 e. The minimum atomic E-state index is 0.532. The van der Waals surface area contributed by atoms with Gasteiger partial charge in [0, 0.05) is 31.9 Å². The Morgan fingerprint density at radius 2 is 1.91 bits per heavy atom. The Bertz CT molecular complexity index is 562. The fourth-order valence-electron chi connectivity index (χ4n) is 3.26. The topological polar surface area (TPSA) is 19.0 Å². The van der Waals surface area contributed by atoms with Crippen LogP contribution < -0.4 is 9.64 Å². The van der Waals surface area contributed by atoms with Gasteiger partial charge < -0.3 is 19.4 Å². The maximum Gasteiger partial charge on any atom is 0.142 e. The fraction of sp³-hybridized carbons (Fsp3) is 0.579. The first-order valence-electron chi connectivity index (χ1n) is 8.67. The van der Waals surface area contributed by atoms with Crippen LogP contribution in [0.5, 0.6) is 5.75 Å². The van der Waals surface area contributed by atoms with Crippen LogP contribution in [-0.4, -0.2) is 62.7 Å². The summed E-state index contributed by atoms with van der Waals surface area (Å²) < 4.78 is 5.84. The number of hydrogen-bond acceptors (Lipinski definition) is 4. The van der Waals surface area contributed by atoms with E-state index in [9.17, 15) is 0 Å². The maximum absolute atomic E-state index is 5.84. The van der Waals surface area contributed by atoms with E-state index >= 15 is 0 Å². The summed E-state index contributed by atoms with van der Waals surface area (Å²) in [6, 6.07) is 6.59. The third kappa shape index (κ3) is 3.63. The Morgan fingerprint density at radius 1 is 1.17 bits per heavy atom. The number of anilines is 1. The lowest BCUT2D eigenvalue weighted by atomic mass is 10.0. The van der Waals surface area contributed by atoms with Crippen molar-refractivity contribution in [3.8, 4) is 5.75 Å². The van der Waals surface area contributed by atoms with Gasteiger partial charge in [0.05, 0.1) is 18.8 Å². The molecule has 0 unspecified atom stereocenters. The fourth-order valence-corrected chi connectivity index (χ4v) is 3.26. The molecule has 0 amide bonds. The second-order valence-corrected chi connectivity index (χ2v) is 7.01. The number of piperazine rings is 1. The molecule has 2 aliphatic rings. The van der Waals surface area contributed by atoms with Gasteiger partial charge in [-0.05, 0) is 30.7 Å². The molecule has 1 aromatic rings. The van der Waals surface area contributed by atoms with E-state index in [4.69, 9.17) is 4.74 Å². The summed E-state index contributed by atoms with van der Waals surface area (Å²) in [5.74, 6) is 1.54. The van der Waals surface area contributed by atoms with E-state index < -0.39 is 0 Å². The molecule has 2 heterocycles. The summed E-state index contributed by atoms with van der Waals surface area (Å²) in [6.45, 7) is 15.8. The first kappa shape index (κ1) is 16.2. The Hall–Kier alpha value is -1.68. The van der Waals surface area contributed by atoms with E-state index in [-0.39, 0.29) is 0 Å². The van der Waals surface area contributed by atoms with Gasteiger partial charge in [0.2, 0.25) is 0 Å². The highest BCUT2D eigenvalue weighted by Crippen LogP contribution is 2.34. The molecule has 0 bridgehead atoms. The molecule has 1 aromatic carbocycles. The average molecular weight is 315 g/mol. The van der Waals surface area contributed by atoms with Crippen LogP contribution in [0, 0.1) is 0 Å². The molecule has 3 rings (SSSR count). The molecule has 0 spiro atoms. The summed E-state index contributed by atoms with van der Waals surface area (Å²) in [6.07, 6.45) is 0. The zero-order valence-corrected chi connectivity index (χ0v) is 14.7. The van der Waals surface area contributed by atoms with Gasteiger partial charge in [-0.2, -0.15) is 0 Å². The van der Waals surface area contributed by atoms with Crippen molar-refractivity contribution in [2.75, 3.05) is 57.8 Å². The van der Waals surface area contributed by atoms with E-state index in [1.54, 1.807) is 0 Å². The molecule has 4 nitrogen and oxygen atoms in total. The quantitative estimate of drug-likeness (QED) is 0.850. The van der Waals surface area contributed by atoms with Gasteiger partial charge in [-0.3, -0.25) is 0 Å². The van der Waals surface area contributed by atoms with E-state index in [1.807, 2.05) is 0 Å². The Balaban J connectivity index is 1.72. The van der Waals surface area contributed by atoms with Gasteiger partial charge >= 0.3 is 0 Å². The van der Waals surface area contributed by atoms with Gasteiger partial charge in [-0.25, -0.2) is 0 Å². The smallest absolute Gasteiger partial charge is 0.142 e. The summed E-state index contributed by atoms with van der Waals surface area (Å²) in [5.41, 5.74) is 3.81. The molecule has 0 aromatic heterocycles. The molecule has 1 fully saturated rings. The molecular weight excluding hydrogens is 286 g/mol. The van der Waals surface area contributed by atoms with Crippen LogP contribution >= 0.6 is 0 Å². The van der Waals surface area contributed by atoms with Crippen LogP contribution in [0.2, 0.25) is 0 Å². The van der Waals surface area contributed by atoms with Gasteiger partial charge in [-0.1, -0.05) is 26.5 Å². The van der Waals surface area contributed by atoms with E-state index in [0.29, 0.717) is 5.92 Å². The van der Waals surface area contributed by atoms with E-state index in [1.165, 1.54) is 16.9 Å². The van der Waals surface area contributed by atoms with Gasteiger partial charge in [-0.15, -0.1) is 0 Å². The maximum atomic E-state index is 5.84. The molecule has 0 radical (unpaired) electrons. The number of likely N-dealkylation sites (N-methyl/N-ethyl adjacent to an activating group) is 1. The molecule has 126 valence electrons. The first-order chi connectivity index (χ1) is 11.0. The minimum absolute atomic E-state index is 0.532. The van der Waals surface area contributed by atoms with Crippen LogP contribution in [0.1, 0.15) is 25.3 Å². The Labute approximate surface area is 140 Å². The predicted octanol–water partition coefficient (Wildman–Crippen LogP) is 2.77. The monoisotopic (exact) mass is 315 g/mol. The molecule has 0 atom stereocenters. The number of fused-ring (bicyclic) bond motifs is 1. The third-order valence-corrected chi connectivity index (χ3v) is 4.93. The Morgan fingerprint density at radius 3 is 2.61 bits per heavy atom. The van der Waals surface area contributed by atoms with E-state index in [0.717, 1.165) is 51.6 Å². The number of nitrogens with zero attached hydrogens (tertiary/aromatic N) is 3. The highest BCUT2D eigenvalue weighted by molar-refractivity contribution is 5.62. The summed E-state index contributed by atoms with van der Waals surface area (Å²) in [4.78, 5) is 7.23. The van der Waals surface area contributed by atoms with Crippen molar-refractivity contribution in [3.63, 3.8) is 0 Å². The van der Waals surface area contributed by atoms with E-state index in [2.05, 4.69) is 60.4 Å². The number of hydrogen-bond donors (Lipinski definition) is 0. The summed E-state index contributed by atoms with van der Waals surface area (Å²) in [5, 5.41) is 0. The molecule has 0 saturated carbocycles. The summed E-state index contributed by atoms with van der Waals surface area (Å²) >= 11 is 0. The van der Waals surface area contributed by atoms with Crippen LogP contribution in [0.15, 0.2) is 30.5 Å². The van der Waals surface area contributed by atoms with Crippen molar-refractivity contribution in [2.24, 2.45) is 0 Å². The number of rotatable bonds is 4. The van der Waals surface area contributed by atoms with Crippen molar-refractivity contribution in [1.82, 2.24) is 9.80 Å². The van der Waals surface area contributed by atoms with Crippen molar-refractivity contribution in [3.05, 3.63) is 36.0 Å². The number of benzene rings is 1. The van der Waals surface area contributed by atoms with Gasteiger partial charge in [0.1, 0.15) is 12.4 Å². The molecule has 1 saturated heterocycles. The second-order valence-electron chi connectivity index (χ2n) is 7.01. The highest BCUT2D eigenvalue weighted by atomic mass is 16.5. The SMILES string of the molecule is C=C(CN1CCOc2ccc(C(C)C)cc21)N1CCN(C)CC1. The van der Waals surface area contributed by atoms with Crippen molar-refractivity contribution in [2.45, 2.75) is 19.8 Å². The first-order valence-corrected chi connectivity index (χ1v) is 8.67. The van der Waals surface area contributed by atoms with Gasteiger partial charge in [0.25, 0.3) is 0 Å². The lowest BCUT2D eigenvalue weighted by molar-refractivity contribution is 0.184. The highest BCUT2D eigenvalue weighted by Gasteiger charge is 2.22. The second kappa shape index (κ2) is 6.83. The normalized spacial score (nSPS) is 18.8. The zero-order valence-electron chi connectivity index (χ0n) is 14.7. The molecule has 4 heteroatoms. The molecule has 2 aliphatic heterocycles. The molecule has 0 aliphatic carbocycles. The van der Waals surface area contributed by atoms with Crippen molar-refractivity contribution >= 4 is 5.69 Å². The average Bonchev–Trinajstić information content (AvgIpc) is 2.55. The van der Waals surface area contributed by atoms with Crippen LogP contribution in [0.4, 0.5) is 5.69 Å². The largest absolute Gasteiger partial charge is 0.490 e. The third-order valence-electron chi connectivity index (χ3n) is 4.93. The van der Waals surface area contributed by atoms with Crippen molar-refractivity contribution in [1.29, 1.82) is 0 Å². The molecular formula is C19H29N3O. The Kier molecular flexibility index (Phi) is 4.81. The van der Waals surface area contributed by atoms with Crippen molar-refractivity contribution < 1.29 is 4.74 Å².